The molecule has 0 aliphatic carbocycles. The summed E-state index contributed by atoms with van der Waals surface area (Å²) >= 11 is 1.42. The average Bonchev–Trinajstić information content (AvgIpc) is 2.89. The highest BCUT2D eigenvalue weighted by Gasteiger charge is 2.12. The molecule has 0 saturated heterocycles. The molecule has 0 N–H and O–H groups in total. The van der Waals surface area contributed by atoms with Crippen LogP contribution < -0.4 is 4.90 Å². The fourth-order valence-electron chi connectivity index (χ4n) is 2.01. The first-order valence-electron chi connectivity index (χ1n) is 6.02. The summed E-state index contributed by atoms with van der Waals surface area (Å²) in [6.45, 7) is 2.07. The fraction of sp³-hybridized carbons (Fsp3) is 0.214. The van der Waals surface area contributed by atoms with Crippen LogP contribution in [-0.4, -0.2) is 28.4 Å². The predicted molar refractivity (Wildman–Crippen MR) is 79.7 cm³/mol. The summed E-state index contributed by atoms with van der Waals surface area (Å²) in [5, 5.41) is 2.06. The van der Waals surface area contributed by atoms with Gasteiger partial charge in [-0.25, -0.2) is 0 Å². The number of nitrogens with zero attached hydrogens (tertiary/aromatic N) is 4. The number of fused-ring (bicyclic) bond motifs is 1. The monoisotopic (exact) mass is 270 g/mol. The lowest BCUT2D eigenvalue weighted by atomic mass is 10.1. The maximum atomic E-state index is 4.57. The van der Waals surface area contributed by atoms with Gasteiger partial charge in [-0.1, -0.05) is 18.2 Å². The minimum Gasteiger partial charge on any atom is -0.346 e. The van der Waals surface area contributed by atoms with E-state index in [-0.39, 0.29) is 0 Å². The van der Waals surface area contributed by atoms with E-state index in [9.17, 15) is 0 Å². The molecule has 2 aromatic heterocycles. The van der Waals surface area contributed by atoms with Crippen molar-refractivity contribution in [3.63, 3.8) is 0 Å². The molecule has 0 saturated carbocycles. The first-order valence-corrected chi connectivity index (χ1v) is 6.80. The van der Waals surface area contributed by atoms with Crippen LogP contribution in [0.25, 0.3) is 21.5 Å². The Morgan fingerprint density at radius 1 is 1.16 bits per heavy atom. The van der Waals surface area contributed by atoms with E-state index in [1.165, 1.54) is 17.1 Å². The van der Waals surface area contributed by atoms with E-state index < -0.39 is 0 Å². The SMILES string of the molecule is Cc1ccc(-c2nc(N(C)C)ns2)c2cccnc12. The van der Waals surface area contributed by atoms with Crippen molar-refractivity contribution in [2.24, 2.45) is 0 Å². The number of hydrogen-bond acceptors (Lipinski definition) is 5. The average molecular weight is 270 g/mol. The lowest BCUT2D eigenvalue weighted by Crippen LogP contribution is -2.09. The smallest absolute Gasteiger partial charge is 0.237 e. The third-order valence-electron chi connectivity index (χ3n) is 3.02. The first kappa shape index (κ1) is 12.0. The molecular weight excluding hydrogens is 256 g/mol. The molecule has 0 atom stereocenters. The predicted octanol–water partition coefficient (Wildman–Crippen LogP) is 3.13. The molecule has 4 nitrogen and oxygen atoms in total. The van der Waals surface area contributed by atoms with Crippen molar-refractivity contribution >= 4 is 28.4 Å². The molecule has 1 aromatic carbocycles. The van der Waals surface area contributed by atoms with E-state index in [1.807, 2.05) is 31.3 Å². The van der Waals surface area contributed by atoms with Crippen molar-refractivity contribution in [1.82, 2.24) is 14.3 Å². The van der Waals surface area contributed by atoms with E-state index >= 15 is 0 Å². The Morgan fingerprint density at radius 2 is 2.00 bits per heavy atom. The van der Waals surface area contributed by atoms with Gasteiger partial charge in [0.25, 0.3) is 0 Å². The number of pyridine rings is 1. The van der Waals surface area contributed by atoms with Crippen LogP contribution >= 0.6 is 11.5 Å². The van der Waals surface area contributed by atoms with Gasteiger partial charge >= 0.3 is 0 Å². The van der Waals surface area contributed by atoms with Gasteiger partial charge in [0.2, 0.25) is 5.95 Å². The Hall–Kier alpha value is -2.01. The van der Waals surface area contributed by atoms with Crippen molar-refractivity contribution in [3.05, 3.63) is 36.0 Å². The Labute approximate surface area is 115 Å². The van der Waals surface area contributed by atoms with Gasteiger partial charge in [0.1, 0.15) is 5.01 Å². The Balaban J connectivity index is 2.22. The van der Waals surface area contributed by atoms with E-state index in [1.54, 1.807) is 0 Å². The molecule has 0 bridgehead atoms. The van der Waals surface area contributed by atoms with Crippen LogP contribution in [0.5, 0.6) is 0 Å². The summed E-state index contributed by atoms with van der Waals surface area (Å²) in [6.07, 6.45) is 1.82. The minimum atomic E-state index is 0.748. The number of aryl methyl sites for hydroxylation is 1. The molecule has 3 aromatic rings. The molecule has 0 amide bonds. The molecular formula is C14H14N4S. The van der Waals surface area contributed by atoms with Crippen LogP contribution in [0.2, 0.25) is 0 Å². The van der Waals surface area contributed by atoms with Crippen LogP contribution in [-0.2, 0) is 0 Å². The molecule has 0 radical (unpaired) electrons. The normalized spacial score (nSPS) is 10.9. The quantitative estimate of drug-likeness (QED) is 0.717. The van der Waals surface area contributed by atoms with E-state index in [4.69, 9.17) is 0 Å². The molecule has 0 aliphatic rings. The van der Waals surface area contributed by atoms with Gasteiger partial charge in [0.15, 0.2) is 0 Å². The van der Waals surface area contributed by atoms with Gasteiger partial charge in [-0.3, -0.25) is 4.98 Å². The molecule has 2 heterocycles. The fourth-order valence-corrected chi connectivity index (χ4v) is 2.78. The van der Waals surface area contributed by atoms with E-state index in [0.29, 0.717) is 0 Å². The zero-order valence-electron chi connectivity index (χ0n) is 11.1. The third-order valence-corrected chi connectivity index (χ3v) is 3.76. The summed E-state index contributed by atoms with van der Waals surface area (Å²) in [6, 6.07) is 8.22. The lowest BCUT2D eigenvalue weighted by molar-refractivity contribution is 1.05. The largest absolute Gasteiger partial charge is 0.346 e. The van der Waals surface area contributed by atoms with Gasteiger partial charge in [0, 0.05) is 31.2 Å². The van der Waals surface area contributed by atoms with Gasteiger partial charge in [0.05, 0.1) is 5.52 Å². The van der Waals surface area contributed by atoms with Crippen molar-refractivity contribution < 1.29 is 0 Å². The molecule has 96 valence electrons. The van der Waals surface area contributed by atoms with Crippen molar-refractivity contribution in [1.29, 1.82) is 0 Å². The summed E-state index contributed by atoms with van der Waals surface area (Å²) in [5.74, 6) is 0.748. The van der Waals surface area contributed by atoms with Crippen molar-refractivity contribution in [2.45, 2.75) is 6.92 Å². The van der Waals surface area contributed by atoms with Gasteiger partial charge in [-0.05, 0) is 30.1 Å². The molecule has 0 fully saturated rings. The third kappa shape index (κ3) is 2.06. The summed E-state index contributed by atoms with van der Waals surface area (Å²) in [4.78, 5) is 10.9. The zero-order valence-corrected chi connectivity index (χ0v) is 11.9. The van der Waals surface area contributed by atoms with Crippen molar-refractivity contribution in [3.8, 4) is 10.6 Å². The highest BCUT2D eigenvalue weighted by molar-refractivity contribution is 7.09. The number of rotatable bonds is 2. The van der Waals surface area contributed by atoms with E-state index in [0.717, 1.165) is 27.4 Å². The molecule has 0 spiro atoms. The lowest BCUT2D eigenvalue weighted by Gasteiger charge is -2.06. The van der Waals surface area contributed by atoms with Crippen LogP contribution in [0.15, 0.2) is 30.5 Å². The second-order valence-electron chi connectivity index (χ2n) is 4.62. The second-order valence-corrected chi connectivity index (χ2v) is 5.38. The molecule has 5 heteroatoms. The highest BCUT2D eigenvalue weighted by atomic mass is 32.1. The Morgan fingerprint density at radius 3 is 2.74 bits per heavy atom. The number of benzene rings is 1. The molecule has 0 unspecified atom stereocenters. The standard InChI is InChI=1S/C14H14N4S/c1-9-6-7-11(10-5-4-8-15-12(9)10)13-16-14(17-19-13)18(2)3/h4-8H,1-3H3. The number of hydrogen-bond donors (Lipinski definition) is 0. The highest BCUT2D eigenvalue weighted by Crippen LogP contribution is 2.31. The zero-order chi connectivity index (χ0) is 13.4. The summed E-state index contributed by atoms with van der Waals surface area (Å²) < 4.78 is 4.36. The number of aromatic nitrogens is 3. The first-order chi connectivity index (χ1) is 9.16. The molecule has 0 aliphatic heterocycles. The van der Waals surface area contributed by atoms with E-state index in [2.05, 4.69) is 39.5 Å². The van der Waals surface area contributed by atoms with Crippen LogP contribution in [0, 0.1) is 6.92 Å². The topological polar surface area (TPSA) is 41.9 Å². The maximum Gasteiger partial charge on any atom is 0.237 e. The Kier molecular flexibility index (Phi) is 2.91. The van der Waals surface area contributed by atoms with Crippen LogP contribution in [0.1, 0.15) is 5.56 Å². The van der Waals surface area contributed by atoms with Gasteiger partial charge in [-0.15, -0.1) is 0 Å². The van der Waals surface area contributed by atoms with Gasteiger partial charge in [-0.2, -0.15) is 9.36 Å². The molecule has 3 rings (SSSR count). The maximum absolute atomic E-state index is 4.57. The van der Waals surface area contributed by atoms with Crippen LogP contribution in [0.4, 0.5) is 5.95 Å². The summed E-state index contributed by atoms with van der Waals surface area (Å²) in [5.41, 5.74) is 3.30. The van der Waals surface area contributed by atoms with Crippen molar-refractivity contribution in [2.75, 3.05) is 19.0 Å². The summed E-state index contributed by atoms with van der Waals surface area (Å²) in [7, 11) is 3.89. The number of anilines is 1. The minimum absolute atomic E-state index is 0.748. The van der Waals surface area contributed by atoms with Crippen LogP contribution in [0.3, 0.4) is 0 Å². The van der Waals surface area contributed by atoms with Gasteiger partial charge < -0.3 is 4.90 Å². The Bertz CT molecular complexity index is 733. The second kappa shape index (κ2) is 4.59. The molecule has 19 heavy (non-hydrogen) atoms.